The van der Waals surface area contributed by atoms with Crippen molar-refractivity contribution in [2.24, 2.45) is 0 Å². The third kappa shape index (κ3) is 4.37. The van der Waals surface area contributed by atoms with Crippen LogP contribution < -0.4 is 10.0 Å². The SMILES string of the molecule is Cc1ccc([N+](=O)[O-])cc1S(=O)(=O)Nc1sc2c(c1C(=O)Nc1ccccc1)CCCC2. The molecule has 1 aliphatic rings. The van der Waals surface area contributed by atoms with Gasteiger partial charge in [0.2, 0.25) is 0 Å². The van der Waals surface area contributed by atoms with Crippen LogP contribution in [0.1, 0.15) is 39.2 Å². The number of nitrogens with zero attached hydrogens (tertiary/aromatic N) is 1. The van der Waals surface area contributed by atoms with Gasteiger partial charge >= 0.3 is 0 Å². The van der Waals surface area contributed by atoms with E-state index >= 15 is 0 Å². The quantitative estimate of drug-likeness (QED) is 0.392. The molecule has 1 heterocycles. The fourth-order valence-electron chi connectivity index (χ4n) is 3.76. The number of carbonyl (C=O) groups is 1. The minimum Gasteiger partial charge on any atom is -0.322 e. The summed E-state index contributed by atoms with van der Waals surface area (Å²) in [6, 6.07) is 12.6. The van der Waals surface area contributed by atoms with Crippen molar-refractivity contribution in [1.82, 2.24) is 0 Å². The van der Waals surface area contributed by atoms with Gasteiger partial charge in [0.15, 0.2) is 0 Å². The lowest BCUT2D eigenvalue weighted by molar-refractivity contribution is -0.385. The summed E-state index contributed by atoms with van der Waals surface area (Å²) in [5.74, 6) is -0.385. The number of amides is 1. The number of carbonyl (C=O) groups excluding carboxylic acids is 1. The van der Waals surface area contributed by atoms with Crippen molar-refractivity contribution < 1.29 is 18.1 Å². The number of thiophene rings is 1. The van der Waals surface area contributed by atoms with Crippen molar-refractivity contribution in [3.8, 4) is 0 Å². The van der Waals surface area contributed by atoms with Gasteiger partial charge in [-0.05, 0) is 55.9 Å². The first-order valence-electron chi connectivity index (χ1n) is 10.0. The Kier molecular flexibility index (Phi) is 5.98. The number of nitro groups is 1. The molecule has 2 aromatic carbocycles. The van der Waals surface area contributed by atoms with E-state index < -0.39 is 14.9 Å². The largest absolute Gasteiger partial charge is 0.322 e. The molecule has 0 bridgehead atoms. The van der Waals surface area contributed by atoms with E-state index in [0.717, 1.165) is 35.8 Å². The molecule has 1 aliphatic carbocycles. The van der Waals surface area contributed by atoms with Crippen LogP contribution in [0.15, 0.2) is 53.4 Å². The first kappa shape index (κ1) is 22.0. The highest BCUT2D eigenvalue weighted by molar-refractivity contribution is 7.93. The second-order valence-corrected chi connectivity index (χ2v) is 10.3. The molecule has 4 rings (SSSR count). The van der Waals surface area contributed by atoms with Gasteiger partial charge in [-0.15, -0.1) is 11.3 Å². The summed E-state index contributed by atoms with van der Waals surface area (Å²) < 4.78 is 28.9. The Morgan fingerprint density at radius 2 is 1.81 bits per heavy atom. The van der Waals surface area contributed by atoms with E-state index in [2.05, 4.69) is 10.0 Å². The van der Waals surface area contributed by atoms with E-state index in [4.69, 9.17) is 0 Å². The number of rotatable bonds is 6. The summed E-state index contributed by atoms with van der Waals surface area (Å²) >= 11 is 1.25. The van der Waals surface area contributed by atoms with Gasteiger partial charge < -0.3 is 5.32 Å². The molecular formula is C22H21N3O5S2. The van der Waals surface area contributed by atoms with Gasteiger partial charge in [0.1, 0.15) is 5.00 Å². The molecule has 166 valence electrons. The predicted molar refractivity (Wildman–Crippen MR) is 124 cm³/mol. The number of aryl methyl sites for hydroxylation is 2. The Bertz CT molecular complexity index is 1300. The van der Waals surface area contributed by atoms with Crippen molar-refractivity contribution >= 4 is 43.6 Å². The minimum absolute atomic E-state index is 0.188. The topological polar surface area (TPSA) is 118 Å². The molecule has 0 spiro atoms. The zero-order chi connectivity index (χ0) is 22.9. The zero-order valence-electron chi connectivity index (χ0n) is 17.3. The number of benzene rings is 2. The highest BCUT2D eigenvalue weighted by atomic mass is 32.2. The number of fused-ring (bicyclic) bond motifs is 1. The van der Waals surface area contributed by atoms with E-state index in [1.54, 1.807) is 31.2 Å². The summed E-state index contributed by atoms with van der Waals surface area (Å²) in [4.78, 5) is 24.5. The van der Waals surface area contributed by atoms with E-state index in [9.17, 15) is 23.3 Å². The van der Waals surface area contributed by atoms with Crippen LogP contribution in [0.3, 0.4) is 0 Å². The molecule has 10 heteroatoms. The highest BCUT2D eigenvalue weighted by Crippen LogP contribution is 2.40. The van der Waals surface area contributed by atoms with Gasteiger partial charge in [-0.2, -0.15) is 0 Å². The highest BCUT2D eigenvalue weighted by Gasteiger charge is 2.29. The third-order valence-electron chi connectivity index (χ3n) is 5.33. The van der Waals surface area contributed by atoms with Gasteiger partial charge in [0, 0.05) is 22.7 Å². The molecule has 0 radical (unpaired) electrons. The lowest BCUT2D eigenvalue weighted by Gasteiger charge is -2.14. The Morgan fingerprint density at radius 3 is 2.53 bits per heavy atom. The fourth-order valence-corrected chi connectivity index (χ4v) is 6.62. The molecule has 0 atom stereocenters. The molecule has 0 saturated heterocycles. The summed E-state index contributed by atoms with van der Waals surface area (Å²) in [5, 5.41) is 14.2. The Balaban J connectivity index is 1.74. The van der Waals surface area contributed by atoms with Gasteiger partial charge in [-0.25, -0.2) is 8.42 Å². The molecule has 1 aromatic heterocycles. The van der Waals surface area contributed by atoms with Crippen molar-refractivity contribution in [3.05, 3.63) is 80.2 Å². The van der Waals surface area contributed by atoms with Crippen molar-refractivity contribution in [3.63, 3.8) is 0 Å². The average molecular weight is 472 g/mol. The van der Waals surface area contributed by atoms with Crippen LogP contribution in [-0.4, -0.2) is 19.2 Å². The number of hydrogen-bond acceptors (Lipinski definition) is 6. The van der Waals surface area contributed by atoms with Gasteiger partial charge in [-0.1, -0.05) is 24.3 Å². The fraction of sp³-hybridized carbons (Fsp3) is 0.227. The summed E-state index contributed by atoms with van der Waals surface area (Å²) in [7, 11) is -4.15. The van der Waals surface area contributed by atoms with Crippen molar-refractivity contribution in [1.29, 1.82) is 0 Å². The normalized spacial score (nSPS) is 13.3. The standard InChI is InChI=1S/C22H21N3O5S2/c1-14-11-12-16(25(27)28)13-19(14)32(29,30)24-22-20(17-9-5-6-10-18(17)31-22)21(26)23-15-7-3-2-4-8-15/h2-4,7-8,11-13,24H,5-6,9-10H2,1H3,(H,23,26). The van der Waals surface area contributed by atoms with Crippen LogP contribution in [0, 0.1) is 17.0 Å². The van der Waals surface area contributed by atoms with Gasteiger partial charge in [0.05, 0.1) is 15.4 Å². The number of hydrogen-bond donors (Lipinski definition) is 2. The maximum absolute atomic E-state index is 13.2. The first-order chi connectivity index (χ1) is 15.3. The second-order valence-electron chi connectivity index (χ2n) is 7.55. The second kappa shape index (κ2) is 8.71. The summed E-state index contributed by atoms with van der Waals surface area (Å²) in [6.07, 6.45) is 3.37. The number of para-hydroxylation sites is 1. The van der Waals surface area contributed by atoms with E-state index in [1.165, 1.54) is 23.5 Å². The lowest BCUT2D eigenvalue weighted by Crippen LogP contribution is -2.19. The van der Waals surface area contributed by atoms with E-state index in [-0.39, 0.29) is 21.5 Å². The minimum atomic E-state index is -4.15. The Labute approximate surface area is 189 Å². The predicted octanol–water partition coefficient (Wildman–Crippen LogP) is 4.90. The maximum atomic E-state index is 13.2. The van der Waals surface area contributed by atoms with Crippen LogP contribution in [0.25, 0.3) is 0 Å². The monoisotopic (exact) mass is 471 g/mol. The molecule has 32 heavy (non-hydrogen) atoms. The number of non-ortho nitro benzene ring substituents is 1. The lowest BCUT2D eigenvalue weighted by atomic mass is 9.95. The van der Waals surface area contributed by atoms with Crippen LogP contribution in [0.2, 0.25) is 0 Å². The molecule has 3 aromatic rings. The molecule has 8 nitrogen and oxygen atoms in total. The van der Waals surface area contributed by atoms with Crippen LogP contribution in [0.4, 0.5) is 16.4 Å². The van der Waals surface area contributed by atoms with Crippen LogP contribution in [0.5, 0.6) is 0 Å². The third-order valence-corrected chi connectivity index (χ3v) is 8.16. The van der Waals surface area contributed by atoms with E-state index in [0.29, 0.717) is 23.2 Å². The molecular weight excluding hydrogens is 450 g/mol. The van der Waals surface area contributed by atoms with Gasteiger partial charge in [0.25, 0.3) is 21.6 Å². The summed E-state index contributed by atoms with van der Waals surface area (Å²) in [6.45, 7) is 1.57. The van der Waals surface area contributed by atoms with E-state index in [1.807, 2.05) is 6.07 Å². The zero-order valence-corrected chi connectivity index (χ0v) is 18.9. The molecule has 0 aliphatic heterocycles. The summed E-state index contributed by atoms with van der Waals surface area (Å²) in [5.41, 5.74) is 1.85. The molecule has 1 amide bonds. The van der Waals surface area contributed by atoms with Crippen LogP contribution in [-0.2, 0) is 22.9 Å². The molecule has 2 N–H and O–H groups in total. The first-order valence-corrected chi connectivity index (χ1v) is 12.3. The number of nitro benzene ring substituents is 1. The average Bonchev–Trinajstić information content (AvgIpc) is 3.11. The number of sulfonamides is 1. The van der Waals surface area contributed by atoms with Crippen molar-refractivity contribution in [2.45, 2.75) is 37.5 Å². The molecule has 0 unspecified atom stereocenters. The molecule has 0 saturated carbocycles. The van der Waals surface area contributed by atoms with Crippen LogP contribution >= 0.6 is 11.3 Å². The Hall–Kier alpha value is -3.24. The smallest absolute Gasteiger partial charge is 0.270 e. The Morgan fingerprint density at radius 1 is 1.09 bits per heavy atom. The number of anilines is 2. The maximum Gasteiger partial charge on any atom is 0.270 e. The van der Waals surface area contributed by atoms with Gasteiger partial charge in [-0.3, -0.25) is 19.6 Å². The van der Waals surface area contributed by atoms with Crippen molar-refractivity contribution in [2.75, 3.05) is 10.0 Å². The molecule has 0 fully saturated rings. The number of nitrogens with one attached hydrogen (secondary N) is 2.